The molecule has 0 saturated heterocycles. The Kier molecular flexibility index (Phi) is 2.06. The Labute approximate surface area is 62.6 Å². The lowest BCUT2D eigenvalue weighted by molar-refractivity contribution is 0.628. The smallest absolute Gasteiger partial charge is 0.130 e. The Morgan fingerprint density at radius 2 is 2.11 bits per heavy atom. The molecule has 0 aromatic rings. The summed E-state index contributed by atoms with van der Waals surface area (Å²) in [7, 11) is 0. The summed E-state index contributed by atoms with van der Waals surface area (Å²) in [5.41, 5.74) is 1.17. The molecule has 0 radical (unpaired) electrons. The van der Waals surface area contributed by atoms with Gasteiger partial charge in [-0.2, -0.15) is 0 Å². The fraction of sp³-hybridized carbons (Fsp3) is 0.429. The SMILES string of the molecule is C=C(F)C(Br)=C1CCC1. The second-order valence-electron chi connectivity index (χ2n) is 2.18. The van der Waals surface area contributed by atoms with Gasteiger partial charge in [0.1, 0.15) is 5.83 Å². The standard InChI is InChI=1S/C7H8BrF/c1-5(9)7(8)6-3-2-4-6/h1-4H2. The number of hydrogen-bond acceptors (Lipinski definition) is 0. The number of rotatable bonds is 1. The third-order valence-electron chi connectivity index (χ3n) is 1.51. The van der Waals surface area contributed by atoms with Crippen LogP contribution in [0.3, 0.4) is 0 Å². The van der Waals surface area contributed by atoms with Gasteiger partial charge in [-0.1, -0.05) is 12.2 Å². The van der Waals surface area contributed by atoms with Crippen LogP contribution in [0, 0.1) is 0 Å². The molecule has 1 saturated carbocycles. The Bertz CT molecular complexity index is 164. The van der Waals surface area contributed by atoms with E-state index in [9.17, 15) is 4.39 Å². The highest BCUT2D eigenvalue weighted by Gasteiger charge is 2.13. The van der Waals surface area contributed by atoms with E-state index in [-0.39, 0.29) is 5.83 Å². The molecule has 1 aliphatic carbocycles. The summed E-state index contributed by atoms with van der Waals surface area (Å²) in [5.74, 6) is -0.343. The van der Waals surface area contributed by atoms with Crippen LogP contribution in [0.2, 0.25) is 0 Å². The molecular formula is C7H8BrF. The molecule has 0 unspecified atom stereocenters. The summed E-state index contributed by atoms with van der Waals surface area (Å²) in [6, 6.07) is 0. The van der Waals surface area contributed by atoms with Crippen molar-refractivity contribution in [3.05, 3.63) is 22.5 Å². The minimum atomic E-state index is -0.343. The van der Waals surface area contributed by atoms with Crippen molar-refractivity contribution < 1.29 is 4.39 Å². The van der Waals surface area contributed by atoms with Crippen LogP contribution in [-0.2, 0) is 0 Å². The largest absolute Gasteiger partial charge is 0.206 e. The summed E-state index contributed by atoms with van der Waals surface area (Å²) < 4.78 is 12.9. The molecule has 0 heterocycles. The topological polar surface area (TPSA) is 0 Å². The van der Waals surface area contributed by atoms with Crippen LogP contribution in [-0.4, -0.2) is 0 Å². The number of halogens is 2. The van der Waals surface area contributed by atoms with Crippen LogP contribution >= 0.6 is 15.9 Å². The maximum atomic E-state index is 12.3. The highest BCUT2D eigenvalue weighted by atomic mass is 79.9. The predicted octanol–water partition coefficient (Wildman–Crippen LogP) is 3.30. The summed E-state index contributed by atoms with van der Waals surface area (Å²) in [6.45, 7) is 3.19. The van der Waals surface area contributed by atoms with E-state index in [1.165, 1.54) is 12.0 Å². The van der Waals surface area contributed by atoms with Gasteiger partial charge < -0.3 is 0 Å². The van der Waals surface area contributed by atoms with Crippen LogP contribution in [0.15, 0.2) is 22.5 Å². The van der Waals surface area contributed by atoms with Gasteiger partial charge >= 0.3 is 0 Å². The molecule has 0 aromatic heterocycles. The third-order valence-corrected chi connectivity index (χ3v) is 2.50. The molecule has 9 heavy (non-hydrogen) atoms. The van der Waals surface area contributed by atoms with Gasteiger partial charge in [-0.05, 0) is 35.2 Å². The first-order chi connectivity index (χ1) is 4.22. The predicted molar refractivity (Wildman–Crippen MR) is 40.1 cm³/mol. The monoisotopic (exact) mass is 190 g/mol. The fourth-order valence-corrected chi connectivity index (χ4v) is 1.16. The lowest BCUT2D eigenvalue weighted by atomic mass is 9.92. The zero-order valence-corrected chi connectivity index (χ0v) is 6.67. The van der Waals surface area contributed by atoms with Crippen molar-refractivity contribution in [2.45, 2.75) is 19.3 Å². The van der Waals surface area contributed by atoms with Crippen molar-refractivity contribution in [2.24, 2.45) is 0 Å². The Morgan fingerprint density at radius 1 is 1.56 bits per heavy atom. The average molecular weight is 191 g/mol. The second kappa shape index (κ2) is 2.65. The Hall–Kier alpha value is -0.110. The molecule has 1 aliphatic rings. The lowest BCUT2D eigenvalue weighted by Crippen LogP contribution is -1.98. The van der Waals surface area contributed by atoms with Crippen LogP contribution < -0.4 is 0 Å². The number of hydrogen-bond donors (Lipinski definition) is 0. The van der Waals surface area contributed by atoms with Crippen LogP contribution in [0.5, 0.6) is 0 Å². The van der Waals surface area contributed by atoms with E-state index in [0.29, 0.717) is 4.48 Å². The zero-order valence-electron chi connectivity index (χ0n) is 5.08. The fourth-order valence-electron chi connectivity index (χ4n) is 0.765. The van der Waals surface area contributed by atoms with Gasteiger partial charge in [0.2, 0.25) is 0 Å². The Balaban J connectivity index is 2.67. The molecular weight excluding hydrogens is 183 g/mol. The summed E-state index contributed by atoms with van der Waals surface area (Å²) in [4.78, 5) is 0. The molecule has 0 aliphatic heterocycles. The van der Waals surface area contributed by atoms with E-state index in [1.807, 2.05) is 0 Å². The van der Waals surface area contributed by atoms with Gasteiger partial charge in [0.05, 0.1) is 4.48 Å². The average Bonchev–Trinajstić information content (AvgIpc) is 1.60. The highest BCUT2D eigenvalue weighted by Crippen LogP contribution is 2.34. The molecule has 0 spiro atoms. The molecule has 0 atom stereocenters. The molecule has 2 heteroatoms. The van der Waals surface area contributed by atoms with Crippen molar-refractivity contribution in [2.75, 3.05) is 0 Å². The van der Waals surface area contributed by atoms with Crippen molar-refractivity contribution in [3.63, 3.8) is 0 Å². The normalized spacial score (nSPS) is 16.9. The minimum absolute atomic E-state index is 0.343. The van der Waals surface area contributed by atoms with Gasteiger partial charge in [0.25, 0.3) is 0 Å². The van der Waals surface area contributed by atoms with E-state index in [1.54, 1.807) is 0 Å². The minimum Gasteiger partial charge on any atom is -0.206 e. The molecule has 1 rings (SSSR count). The molecule has 0 N–H and O–H groups in total. The molecule has 0 amide bonds. The first kappa shape index (κ1) is 7.00. The molecule has 0 aromatic carbocycles. The highest BCUT2D eigenvalue weighted by molar-refractivity contribution is 9.12. The second-order valence-corrected chi connectivity index (χ2v) is 2.97. The Morgan fingerprint density at radius 3 is 2.22 bits per heavy atom. The van der Waals surface area contributed by atoms with Gasteiger partial charge in [-0.15, -0.1) is 0 Å². The first-order valence-electron chi connectivity index (χ1n) is 2.94. The van der Waals surface area contributed by atoms with Crippen LogP contribution in [0.1, 0.15) is 19.3 Å². The zero-order chi connectivity index (χ0) is 6.85. The molecule has 50 valence electrons. The lowest BCUT2D eigenvalue weighted by Gasteiger charge is -2.17. The van der Waals surface area contributed by atoms with E-state index in [2.05, 4.69) is 22.5 Å². The number of allylic oxidation sites excluding steroid dienone is 3. The van der Waals surface area contributed by atoms with E-state index < -0.39 is 0 Å². The molecule has 0 bridgehead atoms. The van der Waals surface area contributed by atoms with Crippen molar-refractivity contribution in [1.29, 1.82) is 0 Å². The molecule has 1 fully saturated rings. The summed E-state index contributed by atoms with van der Waals surface area (Å²) in [6.07, 6.45) is 3.25. The van der Waals surface area contributed by atoms with Crippen LogP contribution in [0.4, 0.5) is 4.39 Å². The third kappa shape index (κ3) is 1.42. The molecule has 0 nitrogen and oxygen atoms in total. The summed E-state index contributed by atoms with van der Waals surface area (Å²) in [5, 5.41) is 0. The quantitative estimate of drug-likeness (QED) is 0.596. The van der Waals surface area contributed by atoms with Crippen molar-refractivity contribution in [3.8, 4) is 0 Å². The first-order valence-corrected chi connectivity index (χ1v) is 3.73. The van der Waals surface area contributed by atoms with Gasteiger partial charge in [0, 0.05) is 0 Å². The van der Waals surface area contributed by atoms with E-state index in [4.69, 9.17) is 0 Å². The maximum absolute atomic E-state index is 12.3. The van der Waals surface area contributed by atoms with Gasteiger partial charge in [-0.3, -0.25) is 0 Å². The maximum Gasteiger partial charge on any atom is 0.130 e. The van der Waals surface area contributed by atoms with Gasteiger partial charge in [0.15, 0.2) is 0 Å². The summed E-state index contributed by atoms with van der Waals surface area (Å²) >= 11 is 3.12. The van der Waals surface area contributed by atoms with Gasteiger partial charge in [-0.25, -0.2) is 4.39 Å². The van der Waals surface area contributed by atoms with Crippen molar-refractivity contribution >= 4 is 15.9 Å². The van der Waals surface area contributed by atoms with Crippen molar-refractivity contribution in [1.82, 2.24) is 0 Å². The van der Waals surface area contributed by atoms with E-state index in [0.717, 1.165) is 12.8 Å². The van der Waals surface area contributed by atoms with Crippen LogP contribution in [0.25, 0.3) is 0 Å². The van der Waals surface area contributed by atoms with E-state index >= 15 is 0 Å².